The Bertz CT molecular complexity index is 208. The summed E-state index contributed by atoms with van der Waals surface area (Å²) in [5.41, 5.74) is 1.10. The predicted octanol–water partition coefficient (Wildman–Crippen LogP) is 0.545. The van der Waals surface area contributed by atoms with Crippen LogP contribution < -0.4 is 5.32 Å². The first-order chi connectivity index (χ1) is 5.24. The molecule has 0 saturated heterocycles. The summed E-state index contributed by atoms with van der Waals surface area (Å²) < 4.78 is 0. The molecule has 1 rings (SSSR count). The Kier molecular flexibility index (Phi) is 2.44. The predicted molar refractivity (Wildman–Crippen MR) is 42.3 cm³/mol. The summed E-state index contributed by atoms with van der Waals surface area (Å²) in [4.78, 5) is 10.4. The molecule has 2 N–H and O–H groups in total. The van der Waals surface area contributed by atoms with E-state index in [1.54, 1.807) is 12.2 Å². The lowest BCUT2D eigenvalue weighted by molar-refractivity contribution is -0.137. The molecule has 1 aliphatic rings. The van der Waals surface area contributed by atoms with Gasteiger partial charge in [-0.1, -0.05) is 17.7 Å². The fourth-order valence-corrected chi connectivity index (χ4v) is 1.08. The van der Waals surface area contributed by atoms with Crippen LogP contribution in [0.1, 0.15) is 6.42 Å². The molecule has 1 aliphatic heterocycles. The molecule has 0 aromatic heterocycles. The normalized spacial score (nSPS) is 22.9. The van der Waals surface area contributed by atoms with Crippen molar-refractivity contribution in [2.45, 2.75) is 12.5 Å². The van der Waals surface area contributed by atoms with Gasteiger partial charge in [0.15, 0.2) is 0 Å². The van der Waals surface area contributed by atoms with E-state index in [9.17, 15) is 4.79 Å². The van der Waals surface area contributed by atoms with Crippen LogP contribution in [-0.4, -0.2) is 23.7 Å². The summed E-state index contributed by atoms with van der Waals surface area (Å²) >= 11 is 0. The van der Waals surface area contributed by atoms with Crippen molar-refractivity contribution in [3.05, 3.63) is 24.3 Å². The smallest absolute Gasteiger partial charge is 0.324 e. The van der Waals surface area contributed by atoms with Crippen molar-refractivity contribution in [3.8, 4) is 0 Å². The molecule has 3 heteroatoms. The molecule has 1 atom stereocenters. The van der Waals surface area contributed by atoms with Crippen molar-refractivity contribution in [1.29, 1.82) is 0 Å². The first kappa shape index (κ1) is 8.01. The second-order valence-corrected chi connectivity index (χ2v) is 2.51. The molecule has 0 spiro atoms. The van der Waals surface area contributed by atoms with E-state index in [1.165, 1.54) is 0 Å². The standard InChI is InChI=1S/C8H11NO2/c1-2-3-6-4-7(8(10)11)9-5-6/h2,4,7,9H,1,3,5H2,(H,10,11)/t7-/m0/s1. The Hall–Kier alpha value is -1.09. The van der Waals surface area contributed by atoms with Gasteiger partial charge in [0, 0.05) is 6.54 Å². The molecular formula is C8H11NO2. The summed E-state index contributed by atoms with van der Waals surface area (Å²) in [5.74, 6) is -0.816. The minimum atomic E-state index is -0.816. The van der Waals surface area contributed by atoms with E-state index in [2.05, 4.69) is 11.9 Å². The first-order valence-electron chi connectivity index (χ1n) is 3.50. The lowest BCUT2D eigenvalue weighted by Crippen LogP contribution is -2.30. The van der Waals surface area contributed by atoms with Gasteiger partial charge < -0.3 is 5.11 Å². The van der Waals surface area contributed by atoms with E-state index in [0.29, 0.717) is 6.54 Å². The molecule has 1 heterocycles. The van der Waals surface area contributed by atoms with Crippen LogP contribution in [0.25, 0.3) is 0 Å². The molecule has 60 valence electrons. The van der Waals surface area contributed by atoms with Crippen molar-refractivity contribution >= 4 is 5.97 Å². The number of carboxylic acid groups (broad SMARTS) is 1. The molecule has 0 radical (unpaired) electrons. The third-order valence-corrected chi connectivity index (χ3v) is 1.62. The van der Waals surface area contributed by atoms with Crippen molar-refractivity contribution in [3.63, 3.8) is 0 Å². The highest BCUT2D eigenvalue weighted by molar-refractivity contribution is 5.76. The molecule has 3 nitrogen and oxygen atoms in total. The number of allylic oxidation sites excluding steroid dienone is 1. The highest BCUT2D eigenvalue weighted by atomic mass is 16.4. The summed E-state index contributed by atoms with van der Waals surface area (Å²) in [6.45, 7) is 4.25. The zero-order valence-corrected chi connectivity index (χ0v) is 6.21. The second kappa shape index (κ2) is 3.34. The van der Waals surface area contributed by atoms with Crippen LogP contribution in [0.2, 0.25) is 0 Å². The average Bonchev–Trinajstić information content (AvgIpc) is 2.37. The number of carboxylic acids is 1. The van der Waals surface area contributed by atoms with E-state index in [4.69, 9.17) is 5.11 Å². The van der Waals surface area contributed by atoms with Crippen molar-refractivity contribution < 1.29 is 9.90 Å². The van der Waals surface area contributed by atoms with Gasteiger partial charge in [-0.15, -0.1) is 6.58 Å². The zero-order chi connectivity index (χ0) is 8.27. The molecule has 0 aromatic carbocycles. The lowest BCUT2D eigenvalue weighted by atomic mass is 10.2. The Labute approximate surface area is 65.4 Å². The Balaban J connectivity index is 2.53. The summed E-state index contributed by atoms with van der Waals surface area (Å²) in [6.07, 6.45) is 4.29. The molecule has 0 bridgehead atoms. The molecule has 0 aliphatic carbocycles. The average molecular weight is 153 g/mol. The van der Waals surface area contributed by atoms with Crippen LogP contribution >= 0.6 is 0 Å². The highest BCUT2D eigenvalue weighted by Crippen LogP contribution is 2.09. The van der Waals surface area contributed by atoms with Gasteiger partial charge in [-0.3, -0.25) is 10.1 Å². The highest BCUT2D eigenvalue weighted by Gasteiger charge is 2.19. The number of carbonyl (C=O) groups is 1. The van der Waals surface area contributed by atoms with Crippen LogP contribution in [-0.2, 0) is 4.79 Å². The number of hydrogen-bond acceptors (Lipinski definition) is 2. The van der Waals surface area contributed by atoms with E-state index < -0.39 is 12.0 Å². The van der Waals surface area contributed by atoms with E-state index >= 15 is 0 Å². The third kappa shape index (κ3) is 1.91. The molecule has 0 amide bonds. The van der Waals surface area contributed by atoms with E-state index in [1.807, 2.05) is 0 Å². The minimum absolute atomic E-state index is 0.495. The summed E-state index contributed by atoms with van der Waals surface area (Å²) in [5, 5.41) is 11.4. The number of hydrogen-bond donors (Lipinski definition) is 2. The maximum Gasteiger partial charge on any atom is 0.324 e. The maximum absolute atomic E-state index is 10.4. The van der Waals surface area contributed by atoms with Crippen LogP contribution in [0.15, 0.2) is 24.3 Å². The molecule has 0 saturated carbocycles. The van der Waals surface area contributed by atoms with Crippen molar-refractivity contribution in [1.82, 2.24) is 5.32 Å². The molecule has 0 unspecified atom stereocenters. The molecule has 0 fully saturated rings. The zero-order valence-electron chi connectivity index (χ0n) is 6.21. The van der Waals surface area contributed by atoms with Gasteiger partial charge in [0.25, 0.3) is 0 Å². The SMILES string of the molecule is C=CCC1=C[C@@H](C(=O)O)NC1. The Morgan fingerprint density at radius 2 is 2.73 bits per heavy atom. The summed E-state index contributed by atoms with van der Waals surface area (Å²) in [6, 6.07) is -0.495. The fourth-order valence-electron chi connectivity index (χ4n) is 1.08. The van der Waals surface area contributed by atoms with Gasteiger partial charge in [0.05, 0.1) is 0 Å². The fraction of sp³-hybridized carbons (Fsp3) is 0.375. The Morgan fingerprint density at radius 3 is 3.18 bits per heavy atom. The Morgan fingerprint density at radius 1 is 2.00 bits per heavy atom. The van der Waals surface area contributed by atoms with Gasteiger partial charge >= 0.3 is 5.97 Å². The van der Waals surface area contributed by atoms with Gasteiger partial charge in [0.1, 0.15) is 6.04 Å². The van der Waals surface area contributed by atoms with Gasteiger partial charge in [0.2, 0.25) is 0 Å². The number of nitrogens with one attached hydrogen (secondary N) is 1. The second-order valence-electron chi connectivity index (χ2n) is 2.51. The number of rotatable bonds is 3. The first-order valence-corrected chi connectivity index (χ1v) is 3.50. The van der Waals surface area contributed by atoms with Crippen LogP contribution in [0, 0.1) is 0 Å². The topological polar surface area (TPSA) is 49.3 Å². The van der Waals surface area contributed by atoms with Crippen LogP contribution in [0.4, 0.5) is 0 Å². The monoisotopic (exact) mass is 153 g/mol. The molecular weight excluding hydrogens is 142 g/mol. The van der Waals surface area contributed by atoms with Gasteiger partial charge in [-0.05, 0) is 6.42 Å². The van der Waals surface area contributed by atoms with Crippen molar-refractivity contribution in [2.75, 3.05) is 6.54 Å². The van der Waals surface area contributed by atoms with Gasteiger partial charge in [-0.2, -0.15) is 0 Å². The number of aliphatic carboxylic acids is 1. The van der Waals surface area contributed by atoms with E-state index in [0.717, 1.165) is 12.0 Å². The lowest BCUT2D eigenvalue weighted by Gasteiger charge is -1.98. The molecule has 11 heavy (non-hydrogen) atoms. The van der Waals surface area contributed by atoms with Crippen molar-refractivity contribution in [2.24, 2.45) is 0 Å². The molecule has 0 aromatic rings. The summed E-state index contributed by atoms with van der Waals surface area (Å²) in [7, 11) is 0. The van der Waals surface area contributed by atoms with Gasteiger partial charge in [-0.25, -0.2) is 0 Å². The minimum Gasteiger partial charge on any atom is -0.480 e. The largest absolute Gasteiger partial charge is 0.480 e. The van der Waals surface area contributed by atoms with E-state index in [-0.39, 0.29) is 0 Å². The van der Waals surface area contributed by atoms with Crippen LogP contribution in [0.5, 0.6) is 0 Å². The third-order valence-electron chi connectivity index (χ3n) is 1.62. The maximum atomic E-state index is 10.4. The quantitative estimate of drug-likeness (QED) is 0.582. The van der Waals surface area contributed by atoms with Crippen LogP contribution in [0.3, 0.4) is 0 Å².